The maximum absolute atomic E-state index is 12.5. The van der Waals surface area contributed by atoms with E-state index in [1.54, 1.807) is 44.2 Å². The third-order valence-electron chi connectivity index (χ3n) is 4.74. The first kappa shape index (κ1) is 22.7. The molecule has 0 aliphatic rings. The normalized spacial score (nSPS) is 10.9. The molecule has 0 aliphatic heterocycles. The van der Waals surface area contributed by atoms with Gasteiger partial charge in [0.2, 0.25) is 11.1 Å². The van der Waals surface area contributed by atoms with Gasteiger partial charge in [-0.2, -0.15) is 5.10 Å². The van der Waals surface area contributed by atoms with E-state index in [1.165, 1.54) is 16.3 Å². The number of thioether (sulfide) groups is 2. The summed E-state index contributed by atoms with van der Waals surface area (Å²) < 4.78 is 12.1. The van der Waals surface area contributed by atoms with Gasteiger partial charge in [-0.15, -0.1) is 16.9 Å². The van der Waals surface area contributed by atoms with Crippen LogP contribution in [0.2, 0.25) is 0 Å². The van der Waals surface area contributed by atoms with Gasteiger partial charge in [-0.3, -0.25) is 9.59 Å². The molecule has 4 aromatic rings. The van der Waals surface area contributed by atoms with Crippen molar-refractivity contribution in [3.63, 3.8) is 0 Å². The Kier molecular flexibility index (Phi) is 6.90. The lowest BCUT2D eigenvalue weighted by Gasteiger charge is -2.08. The van der Waals surface area contributed by atoms with Crippen LogP contribution in [-0.4, -0.2) is 51.9 Å². The highest BCUT2D eigenvalue weighted by atomic mass is 32.2. The number of nitrogens with one attached hydrogen (secondary N) is 2. The second-order valence-electron chi connectivity index (χ2n) is 6.80. The number of benzene rings is 2. The van der Waals surface area contributed by atoms with E-state index < -0.39 is 0 Å². The van der Waals surface area contributed by atoms with Crippen molar-refractivity contribution in [1.29, 1.82) is 0 Å². The average Bonchev–Trinajstić information content (AvgIpc) is 3.30. The van der Waals surface area contributed by atoms with Crippen LogP contribution < -0.4 is 20.3 Å². The molecule has 0 aliphatic carbocycles. The molecule has 170 valence electrons. The minimum absolute atomic E-state index is 0.100. The van der Waals surface area contributed by atoms with E-state index in [2.05, 4.69) is 20.6 Å². The Morgan fingerprint density at radius 1 is 1.12 bits per heavy atom. The lowest BCUT2D eigenvalue weighted by molar-refractivity contribution is -0.113. The van der Waals surface area contributed by atoms with Gasteiger partial charge in [-0.1, -0.05) is 17.8 Å². The molecule has 9 nitrogen and oxygen atoms in total. The van der Waals surface area contributed by atoms with Crippen LogP contribution in [0.3, 0.4) is 0 Å². The Labute approximate surface area is 197 Å². The lowest BCUT2D eigenvalue weighted by Crippen LogP contribution is -2.17. The highest BCUT2D eigenvalue weighted by molar-refractivity contribution is 7.99. The SMILES string of the molecule is COc1ccc(-c2cc3c(=O)[nH]nc(SCC(=O)Nc4cccc(SC)c4)n3n2)cc1OC. The first-order valence-electron chi connectivity index (χ1n) is 9.80. The quantitative estimate of drug-likeness (QED) is 0.366. The van der Waals surface area contributed by atoms with Gasteiger partial charge in [-0.05, 0) is 48.7 Å². The van der Waals surface area contributed by atoms with Gasteiger partial charge in [0.1, 0.15) is 5.52 Å². The molecule has 0 saturated carbocycles. The van der Waals surface area contributed by atoms with Gasteiger partial charge in [0, 0.05) is 16.1 Å². The summed E-state index contributed by atoms with van der Waals surface area (Å²) in [5.74, 6) is 1.06. The van der Waals surface area contributed by atoms with Gasteiger partial charge in [0.25, 0.3) is 5.56 Å². The lowest BCUT2D eigenvalue weighted by atomic mass is 10.1. The second-order valence-corrected chi connectivity index (χ2v) is 8.62. The van der Waals surface area contributed by atoms with Gasteiger partial charge in [0.05, 0.1) is 25.7 Å². The molecule has 0 fully saturated rings. The fourth-order valence-electron chi connectivity index (χ4n) is 3.15. The molecule has 2 aromatic carbocycles. The number of aromatic nitrogens is 4. The number of amides is 1. The topological polar surface area (TPSA) is 111 Å². The molecule has 33 heavy (non-hydrogen) atoms. The zero-order valence-electron chi connectivity index (χ0n) is 18.1. The number of H-pyrrole nitrogens is 1. The van der Waals surface area contributed by atoms with E-state index in [-0.39, 0.29) is 17.2 Å². The summed E-state index contributed by atoms with van der Waals surface area (Å²) in [6.45, 7) is 0. The van der Waals surface area contributed by atoms with Crippen LogP contribution in [0.4, 0.5) is 5.69 Å². The van der Waals surface area contributed by atoms with Crippen LogP contribution in [0.1, 0.15) is 0 Å². The highest BCUT2D eigenvalue weighted by Gasteiger charge is 2.15. The van der Waals surface area contributed by atoms with Crippen molar-refractivity contribution in [3.8, 4) is 22.8 Å². The summed E-state index contributed by atoms with van der Waals surface area (Å²) in [5, 5.41) is 14.4. The van der Waals surface area contributed by atoms with E-state index >= 15 is 0 Å². The van der Waals surface area contributed by atoms with Crippen LogP contribution in [0.15, 0.2) is 63.4 Å². The summed E-state index contributed by atoms with van der Waals surface area (Å²) in [4.78, 5) is 25.8. The van der Waals surface area contributed by atoms with Crippen LogP contribution in [0.25, 0.3) is 16.8 Å². The molecular weight excluding hydrogens is 462 g/mol. The molecule has 0 saturated heterocycles. The minimum atomic E-state index is -0.378. The fourth-order valence-corrected chi connectivity index (χ4v) is 4.31. The first-order chi connectivity index (χ1) is 16.0. The summed E-state index contributed by atoms with van der Waals surface area (Å²) in [7, 11) is 3.11. The number of hydrogen-bond acceptors (Lipinski definition) is 8. The number of carbonyl (C=O) groups excluding carboxylic acids is 1. The number of rotatable bonds is 8. The predicted molar refractivity (Wildman–Crippen MR) is 130 cm³/mol. The standard InChI is InChI=1S/C22H21N5O4S2/c1-30-18-8-7-13(9-19(18)31-2)16-11-17-21(29)24-25-22(27(17)26-16)33-12-20(28)23-14-5-4-6-15(10-14)32-3/h4-11H,12H2,1-3H3,(H,23,28)(H,24,29). The van der Waals surface area contributed by atoms with Crippen molar-refractivity contribution in [2.45, 2.75) is 10.1 Å². The smallest absolute Gasteiger partial charge is 0.290 e. The number of anilines is 1. The third-order valence-corrected chi connectivity index (χ3v) is 6.40. The molecule has 2 N–H and O–H groups in total. The van der Waals surface area contributed by atoms with E-state index in [0.29, 0.717) is 27.9 Å². The summed E-state index contributed by atoms with van der Waals surface area (Å²) in [6.07, 6.45) is 1.98. The third kappa shape index (κ3) is 4.99. The zero-order chi connectivity index (χ0) is 23.4. The van der Waals surface area contributed by atoms with Crippen molar-refractivity contribution >= 4 is 40.6 Å². The van der Waals surface area contributed by atoms with E-state index in [1.807, 2.05) is 36.6 Å². The Bertz CT molecular complexity index is 1370. The Hall–Kier alpha value is -3.44. The Balaban J connectivity index is 1.56. The number of nitrogens with zero attached hydrogens (tertiary/aromatic N) is 3. The van der Waals surface area contributed by atoms with Crippen LogP contribution in [-0.2, 0) is 4.79 Å². The molecule has 11 heteroatoms. The minimum Gasteiger partial charge on any atom is -0.493 e. The fraction of sp³-hybridized carbons (Fsp3) is 0.182. The number of ether oxygens (including phenoxy) is 2. The number of fused-ring (bicyclic) bond motifs is 1. The van der Waals surface area contributed by atoms with Gasteiger partial charge in [0.15, 0.2) is 11.5 Å². The van der Waals surface area contributed by atoms with Gasteiger partial charge >= 0.3 is 0 Å². The van der Waals surface area contributed by atoms with Crippen LogP contribution in [0.5, 0.6) is 11.5 Å². The largest absolute Gasteiger partial charge is 0.493 e. The summed E-state index contributed by atoms with van der Waals surface area (Å²) in [6, 6.07) is 14.7. The summed E-state index contributed by atoms with van der Waals surface area (Å²) in [5.41, 5.74) is 1.98. The molecule has 0 unspecified atom stereocenters. The summed E-state index contributed by atoms with van der Waals surface area (Å²) >= 11 is 2.78. The number of methoxy groups -OCH3 is 2. The maximum atomic E-state index is 12.5. The van der Waals surface area contributed by atoms with Crippen molar-refractivity contribution < 1.29 is 14.3 Å². The molecule has 0 radical (unpaired) electrons. The van der Waals surface area contributed by atoms with Crippen LogP contribution in [0, 0.1) is 0 Å². The van der Waals surface area contributed by atoms with Gasteiger partial charge in [-0.25, -0.2) is 9.61 Å². The molecule has 0 spiro atoms. The molecule has 1 amide bonds. The second kappa shape index (κ2) is 10.0. The van der Waals surface area contributed by atoms with Crippen molar-refractivity contribution in [1.82, 2.24) is 19.8 Å². The Morgan fingerprint density at radius 2 is 1.94 bits per heavy atom. The molecule has 2 aromatic heterocycles. The molecule has 0 atom stereocenters. The molecule has 0 bridgehead atoms. The molecule has 2 heterocycles. The monoisotopic (exact) mass is 483 g/mol. The zero-order valence-corrected chi connectivity index (χ0v) is 19.8. The number of hydrogen-bond donors (Lipinski definition) is 2. The predicted octanol–water partition coefficient (Wildman–Crippen LogP) is 3.55. The van der Waals surface area contributed by atoms with E-state index in [0.717, 1.165) is 16.1 Å². The van der Waals surface area contributed by atoms with Gasteiger partial charge < -0.3 is 14.8 Å². The van der Waals surface area contributed by atoms with E-state index in [4.69, 9.17) is 9.47 Å². The highest BCUT2D eigenvalue weighted by Crippen LogP contribution is 2.32. The van der Waals surface area contributed by atoms with E-state index in [9.17, 15) is 9.59 Å². The molecular formula is C22H21N5O4S2. The van der Waals surface area contributed by atoms with Crippen molar-refractivity contribution in [3.05, 3.63) is 58.9 Å². The van der Waals surface area contributed by atoms with Crippen molar-refractivity contribution in [2.75, 3.05) is 31.5 Å². The maximum Gasteiger partial charge on any atom is 0.290 e. The van der Waals surface area contributed by atoms with Crippen LogP contribution >= 0.6 is 23.5 Å². The Morgan fingerprint density at radius 3 is 2.70 bits per heavy atom. The first-order valence-corrected chi connectivity index (χ1v) is 12.0. The number of carbonyl (C=O) groups is 1. The average molecular weight is 484 g/mol. The molecule has 4 rings (SSSR count). The number of aromatic amines is 1. The van der Waals surface area contributed by atoms with Crippen molar-refractivity contribution in [2.24, 2.45) is 0 Å².